The first kappa shape index (κ1) is 47.6. The van der Waals surface area contributed by atoms with Gasteiger partial charge in [0.25, 0.3) is 0 Å². The van der Waals surface area contributed by atoms with Crippen molar-refractivity contribution < 1.29 is 23.8 Å². The maximum atomic E-state index is 12.5. The summed E-state index contributed by atoms with van der Waals surface area (Å²) in [4.78, 5) is 24.9. The summed E-state index contributed by atoms with van der Waals surface area (Å²) in [5, 5.41) is 0. The summed E-state index contributed by atoms with van der Waals surface area (Å²) >= 11 is 0. The molecule has 0 aromatic heterocycles. The van der Waals surface area contributed by atoms with Crippen molar-refractivity contribution in [2.45, 2.75) is 194 Å². The molecule has 1 atom stereocenters. The van der Waals surface area contributed by atoms with E-state index in [-0.39, 0.29) is 25.2 Å². The summed E-state index contributed by atoms with van der Waals surface area (Å²) in [6.45, 7) is 7.54. The third-order valence-corrected chi connectivity index (χ3v) is 8.54. The number of rotatable bonds is 37. The van der Waals surface area contributed by atoms with Crippen LogP contribution in [0.5, 0.6) is 0 Å². The highest BCUT2D eigenvalue weighted by Crippen LogP contribution is 2.11. The van der Waals surface area contributed by atoms with E-state index >= 15 is 0 Å². The molecule has 5 heteroatoms. The lowest BCUT2D eigenvalue weighted by Gasteiger charge is -2.18. The number of carbonyl (C=O) groups is 2. The van der Waals surface area contributed by atoms with Crippen molar-refractivity contribution in [1.82, 2.24) is 0 Å². The van der Waals surface area contributed by atoms with Crippen LogP contribution >= 0.6 is 0 Å². The predicted molar refractivity (Wildman–Crippen MR) is 214 cm³/mol. The molecule has 0 aromatic carbocycles. The summed E-state index contributed by atoms with van der Waals surface area (Å²) in [5.74, 6) is -0.442. The van der Waals surface area contributed by atoms with E-state index in [4.69, 9.17) is 14.2 Å². The zero-order valence-corrected chi connectivity index (χ0v) is 32.9. The van der Waals surface area contributed by atoms with Gasteiger partial charge in [-0.05, 0) is 83.5 Å². The molecule has 0 bridgehead atoms. The van der Waals surface area contributed by atoms with Gasteiger partial charge in [-0.2, -0.15) is 0 Å². The Morgan fingerprint density at radius 3 is 1.48 bits per heavy atom. The van der Waals surface area contributed by atoms with Gasteiger partial charge in [0.05, 0.1) is 6.61 Å². The average Bonchev–Trinajstić information content (AvgIpc) is 3.11. The summed E-state index contributed by atoms with van der Waals surface area (Å²) in [5.41, 5.74) is 0. The highest BCUT2D eigenvalue weighted by Gasteiger charge is 2.17. The zero-order chi connectivity index (χ0) is 36.4. The van der Waals surface area contributed by atoms with E-state index in [1.54, 1.807) is 0 Å². The molecule has 0 saturated heterocycles. The van der Waals surface area contributed by atoms with E-state index in [9.17, 15) is 9.59 Å². The van der Waals surface area contributed by atoms with Gasteiger partial charge in [-0.15, -0.1) is 0 Å². The highest BCUT2D eigenvalue weighted by atomic mass is 16.6. The van der Waals surface area contributed by atoms with Gasteiger partial charge >= 0.3 is 11.9 Å². The summed E-state index contributed by atoms with van der Waals surface area (Å²) in [7, 11) is 0. The molecule has 288 valence electrons. The molecule has 0 rings (SSSR count). The van der Waals surface area contributed by atoms with Crippen molar-refractivity contribution in [1.29, 1.82) is 0 Å². The molecule has 5 nitrogen and oxygen atoms in total. The molecule has 0 aliphatic rings. The number of allylic oxidation sites excluding steroid dienone is 10. The van der Waals surface area contributed by atoms with Crippen molar-refractivity contribution in [2.75, 3.05) is 19.8 Å². The van der Waals surface area contributed by atoms with Crippen LogP contribution in [-0.2, 0) is 23.8 Å². The minimum atomic E-state index is -0.548. The van der Waals surface area contributed by atoms with E-state index in [0.717, 1.165) is 89.9 Å². The molecule has 0 aliphatic carbocycles. The van der Waals surface area contributed by atoms with E-state index in [2.05, 4.69) is 81.5 Å². The molecule has 0 fully saturated rings. The molecule has 1 unspecified atom stereocenters. The molecule has 0 heterocycles. The molecule has 0 saturated carbocycles. The molecule has 0 radical (unpaired) electrons. The van der Waals surface area contributed by atoms with Gasteiger partial charge in [0, 0.05) is 19.4 Å². The lowest BCUT2D eigenvalue weighted by atomic mass is 10.1. The minimum absolute atomic E-state index is 0.0671. The van der Waals surface area contributed by atoms with E-state index < -0.39 is 6.10 Å². The van der Waals surface area contributed by atoms with Gasteiger partial charge in [-0.1, -0.05) is 152 Å². The quantitative estimate of drug-likeness (QED) is 0.0367. The van der Waals surface area contributed by atoms with Crippen LogP contribution in [0.25, 0.3) is 0 Å². The number of hydrogen-bond acceptors (Lipinski definition) is 5. The van der Waals surface area contributed by atoms with Crippen LogP contribution < -0.4 is 0 Å². The Labute approximate surface area is 309 Å². The Morgan fingerprint density at radius 1 is 0.460 bits per heavy atom. The number of unbranched alkanes of at least 4 members (excludes halogenated alkanes) is 16. The Bertz CT molecular complexity index is 884. The topological polar surface area (TPSA) is 61.8 Å². The number of hydrogen-bond donors (Lipinski definition) is 0. The molecule has 0 aromatic rings. The van der Waals surface area contributed by atoms with Gasteiger partial charge in [0.1, 0.15) is 6.61 Å². The predicted octanol–water partition coefficient (Wildman–Crippen LogP) is 13.4. The van der Waals surface area contributed by atoms with Gasteiger partial charge in [-0.25, -0.2) is 0 Å². The van der Waals surface area contributed by atoms with Crippen molar-refractivity contribution in [2.24, 2.45) is 0 Å². The van der Waals surface area contributed by atoms with Crippen molar-refractivity contribution in [3.8, 4) is 0 Å². The second-order valence-corrected chi connectivity index (χ2v) is 13.5. The first-order valence-electron chi connectivity index (χ1n) is 20.8. The van der Waals surface area contributed by atoms with Crippen LogP contribution in [0, 0.1) is 0 Å². The first-order valence-corrected chi connectivity index (χ1v) is 20.8. The number of esters is 2. The van der Waals surface area contributed by atoms with E-state index in [0.29, 0.717) is 19.4 Å². The highest BCUT2D eigenvalue weighted by molar-refractivity contribution is 5.70. The Kier molecular flexibility index (Phi) is 39.1. The van der Waals surface area contributed by atoms with Crippen molar-refractivity contribution >= 4 is 11.9 Å². The monoisotopic (exact) mass is 699 g/mol. The first-order chi connectivity index (χ1) is 24.6. The normalized spacial score (nSPS) is 12.8. The van der Waals surface area contributed by atoms with Crippen LogP contribution in [-0.4, -0.2) is 37.9 Å². The lowest BCUT2D eigenvalue weighted by molar-refractivity contribution is -0.163. The second kappa shape index (κ2) is 41.0. The fraction of sp³-hybridized carbons (Fsp3) is 0.733. The van der Waals surface area contributed by atoms with Crippen LogP contribution in [0.3, 0.4) is 0 Å². The van der Waals surface area contributed by atoms with Gasteiger partial charge in [0.15, 0.2) is 6.10 Å². The zero-order valence-electron chi connectivity index (χ0n) is 32.9. The second-order valence-electron chi connectivity index (χ2n) is 13.5. The largest absolute Gasteiger partial charge is 0.462 e. The Balaban J connectivity index is 4.16. The van der Waals surface area contributed by atoms with Crippen LogP contribution in [0.15, 0.2) is 60.8 Å². The molecular formula is C45H78O5. The fourth-order valence-electron chi connectivity index (χ4n) is 5.43. The maximum absolute atomic E-state index is 12.5. The summed E-state index contributed by atoms with van der Waals surface area (Å²) < 4.78 is 17.1. The van der Waals surface area contributed by atoms with Crippen LogP contribution in [0.1, 0.15) is 188 Å². The van der Waals surface area contributed by atoms with Crippen molar-refractivity contribution in [3.05, 3.63) is 60.8 Å². The van der Waals surface area contributed by atoms with Gasteiger partial charge in [0.2, 0.25) is 0 Å². The SMILES string of the molecule is CC/C=C\C/C=C\C/C=C\CCCCCCOCC(COC(=O)CCCCCCC/C=C\C/C=C\CCCCC)OC(=O)CCCCCCC. The van der Waals surface area contributed by atoms with E-state index in [1.807, 2.05) is 0 Å². The van der Waals surface area contributed by atoms with E-state index in [1.165, 1.54) is 64.2 Å². The third kappa shape index (κ3) is 38.4. The third-order valence-electron chi connectivity index (χ3n) is 8.54. The van der Waals surface area contributed by atoms with Gasteiger partial charge in [-0.3, -0.25) is 9.59 Å². The standard InChI is InChI=1S/C45H78O5/c1-4-7-10-13-15-17-19-21-23-24-26-28-30-33-35-38-44(46)49-42-43(50-45(47)39-36-32-12-9-6-3)41-48-40-37-34-31-29-27-25-22-20-18-16-14-11-8-5-2/h8,11,15-18,21-23,25,43H,4-7,9-10,12-14,19-20,24,26-42H2,1-3H3/b11-8-,17-15-,18-16-,23-21-,25-22-. The Morgan fingerprint density at radius 2 is 0.900 bits per heavy atom. The van der Waals surface area contributed by atoms with Gasteiger partial charge < -0.3 is 14.2 Å². The Hall–Kier alpha value is -2.40. The smallest absolute Gasteiger partial charge is 0.306 e. The molecule has 50 heavy (non-hydrogen) atoms. The summed E-state index contributed by atoms with van der Waals surface area (Å²) in [6, 6.07) is 0. The molecular weight excluding hydrogens is 620 g/mol. The molecule has 0 N–H and O–H groups in total. The van der Waals surface area contributed by atoms with Crippen molar-refractivity contribution in [3.63, 3.8) is 0 Å². The summed E-state index contributed by atoms with van der Waals surface area (Å²) in [6.07, 6.45) is 49.5. The molecule has 0 spiro atoms. The molecule has 0 amide bonds. The van der Waals surface area contributed by atoms with Crippen LogP contribution in [0.4, 0.5) is 0 Å². The number of carbonyl (C=O) groups excluding carboxylic acids is 2. The minimum Gasteiger partial charge on any atom is -0.462 e. The number of ether oxygens (including phenoxy) is 3. The fourth-order valence-corrected chi connectivity index (χ4v) is 5.43. The molecule has 0 aliphatic heterocycles. The lowest BCUT2D eigenvalue weighted by Crippen LogP contribution is -2.30. The maximum Gasteiger partial charge on any atom is 0.306 e. The average molecular weight is 699 g/mol. The van der Waals surface area contributed by atoms with Crippen LogP contribution in [0.2, 0.25) is 0 Å².